The van der Waals surface area contributed by atoms with Crippen LogP contribution in [-0.2, 0) is 21.3 Å². The van der Waals surface area contributed by atoms with Gasteiger partial charge in [-0.05, 0) is 29.7 Å². The zero-order valence-electron chi connectivity index (χ0n) is 13.7. The Hall–Kier alpha value is -2.20. The molecule has 2 rings (SSSR count). The molecule has 0 aromatic heterocycles. The molecule has 0 aliphatic heterocycles. The first kappa shape index (κ1) is 18.1. The number of nitrogens with zero attached hydrogens (tertiary/aromatic N) is 1. The van der Waals surface area contributed by atoms with E-state index in [-0.39, 0.29) is 18.4 Å². The molecule has 0 aliphatic carbocycles. The highest BCUT2D eigenvalue weighted by Gasteiger charge is 2.14. The van der Waals surface area contributed by atoms with Crippen LogP contribution in [0.5, 0.6) is 0 Å². The number of methoxy groups -OCH3 is 1. The summed E-state index contributed by atoms with van der Waals surface area (Å²) in [7, 11) is -1.90. The lowest BCUT2D eigenvalue weighted by Crippen LogP contribution is -2.31. The molecule has 0 spiro atoms. The van der Waals surface area contributed by atoms with Crippen molar-refractivity contribution >= 4 is 10.0 Å². The number of ether oxygens (including phenoxy) is 1. The summed E-state index contributed by atoms with van der Waals surface area (Å²) in [6, 6.07) is 17.0. The summed E-state index contributed by atoms with van der Waals surface area (Å²) >= 11 is 0. The van der Waals surface area contributed by atoms with Gasteiger partial charge >= 0.3 is 0 Å². The summed E-state index contributed by atoms with van der Waals surface area (Å²) in [6.07, 6.45) is -0.354. The molecular formula is C18H20N2O3S. The predicted octanol–water partition coefficient (Wildman–Crippen LogP) is 2.68. The Labute approximate surface area is 142 Å². The van der Waals surface area contributed by atoms with Crippen LogP contribution in [0.25, 0.3) is 11.1 Å². The minimum Gasteiger partial charge on any atom is -0.381 e. The number of sulfonamides is 1. The number of nitriles is 1. The summed E-state index contributed by atoms with van der Waals surface area (Å²) in [6.45, 7) is 1.93. The Morgan fingerprint density at radius 2 is 1.83 bits per heavy atom. The SMILES string of the molecule is COC(C)CS(=O)(=O)NCc1ccc(-c2ccccc2C#N)cc1. The van der Waals surface area contributed by atoms with Gasteiger partial charge in [0.15, 0.2) is 0 Å². The average Bonchev–Trinajstić information content (AvgIpc) is 2.60. The molecule has 0 saturated heterocycles. The maximum Gasteiger partial charge on any atom is 0.214 e. The van der Waals surface area contributed by atoms with E-state index in [1.807, 2.05) is 42.5 Å². The van der Waals surface area contributed by atoms with E-state index in [4.69, 9.17) is 10.00 Å². The van der Waals surface area contributed by atoms with Gasteiger partial charge in [0.05, 0.1) is 23.5 Å². The molecule has 1 N–H and O–H groups in total. The third kappa shape index (κ3) is 4.90. The number of benzene rings is 2. The van der Waals surface area contributed by atoms with E-state index in [9.17, 15) is 8.42 Å². The molecular weight excluding hydrogens is 324 g/mol. The van der Waals surface area contributed by atoms with Gasteiger partial charge in [0.1, 0.15) is 0 Å². The van der Waals surface area contributed by atoms with Crippen LogP contribution in [-0.4, -0.2) is 27.4 Å². The molecule has 2 aromatic rings. The van der Waals surface area contributed by atoms with Crippen molar-refractivity contribution in [3.8, 4) is 17.2 Å². The fourth-order valence-corrected chi connectivity index (χ4v) is 3.52. The Balaban J connectivity index is 2.07. The second-order valence-corrected chi connectivity index (χ2v) is 7.35. The van der Waals surface area contributed by atoms with Gasteiger partial charge in [-0.1, -0.05) is 42.5 Å². The average molecular weight is 344 g/mol. The highest BCUT2D eigenvalue weighted by atomic mass is 32.2. The van der Waals surface area contributed by atoms with E-state index in [1.54, 1.807) is 13.0 Å². The number of nitrogens with one attached hydrogen (secondary N) is 1. The van der Waals surface area contributed by atoms with Gasteiger partial charge in [0.2, 0.25) is 10.0 Å². The molecule has 0 radical (unpaired) electrons. The first-order chi connectivity index (χ1) is 11.4. The Morgan fingerprint density at radius 1 is 1.17 bits per heavy atom. The van der Waals surface area contributed by atoms with E-state index < -0.39 is 10.0 Å². The second-order valence-electron chi connectivity index (χ2n) is 5.50. The van der Waals surface area contributed by atoms with Crippen molar-refractivity contribution < 1.29 is 13.2 Å². The number of rotatable bonds is 7. The van der Waals surface area contributed by atoms with E-state index in [0.29, 0.717) is 5.56 Å². The highest BCUT2D eigenvalue weighted by molar-refractivity contribution is 7.89. The van der Waals surface area contributed by atoms with Gasteiger partial charge in [0, 0.05) is 13.7 Å². The van der Waals surface area contributed by atoms with Gasteiger partial charge in [-0.15, -0.1) is 0 Å². The molecule has 1 atom stereocenters. The quantitative estimate of drug-likeness (QED) is 0.837. The second kappa shape index (κ2) is 8.06. The molecule has 0 aliphatic rings. The Kier molecular flexibility index (Phi) is 6.10. The van der Waals surface area contributed by atoms with Crippen LogP contribution in [0.3, 0.4) is 0 Å². The molecule has 0 saturated carbocycles. The van der Waals surface area contributed by atoms with Crippen LogP contribution in [0.4, 0.5) is 0 Å². The third-order valence-electron chi connectivity index (χ3n) is 3.67. The molecule has 2 aromatic carbocycles. The number of hydrogen-bond acceptors (Lipinski definition) is 4. The molecule has 0 amide bonds. The number of hydrogen-bond donors (Lipinski definition) is 1. The minimum absolute atomic E-state index is 0.0723. The maximum atomic E-state index is 11.9. The fourth-order valence-electron chi connectivity index (χ4n) is 2.26. The largest absolute Gasteiger partial charge is 0.381 e. The van der Waals surface area contributed by atoms with E-state index in [1.165, 1.54) is 7.11 Å². The highest BCUT2D eigenvalue weighted by Crippen LogP contribution is 2.23. The predicted molar refractivity (Wildman–Crippen MR) is 93.7 cm³/mol. The lowest BCUT2D eigenvalue weighted by atomic mass is 9.99. The van der Waals surface area contributed by atoms with Crippen molar-refractivity contribution in [3.05, 3.63) is 59.7 Å². The van der Waals surface area contributed by atoms with Crippen molar-refractivity contribution in [3.63, 3.8) is 0 Å². The standard InChI is InChI=1S/C18H20N2O3S/c1-14(23-2)13-24(21,22)20-12-15-7-9-16(10-8-15)18-6-4-3-5-17(18)11-19/h3-10,14,20H,12-13H2,1-2H3. The minimum atomic E-state index is -3.38. The maximum absolute atomic E-state index is 11.9. The van der Waals surface area contributed by atoms with E-state index in [2.05, 4.69) is 10.8 Å². The third-order valence-corrected chi connectivity index (χ3v) is 5.16. The van der Waals surface area contributed by atoms with Gasteiger partial charge in [-0.3, -0.25) is 0 Å². The Bertz CT molecular complexity index is 824. The van der Waals surface area contributed by atoms with Crippen LogP contribution in [0, 0.1) is 11.3 Å². The van der Waals surface area contributed by atoms with Crippen LogP contribution < -0.4 is 4.72 Å². The fraction of sp³-hybridized carbons (Fsp3) is 0.278. The van der Waals surface area contributed by atoms with Crippen molar-refractivity contribution in [2.24, 2.45) is 0 Å². The van der Waals surface area contributed by atoms with Gasteiger partial charge < -0.3 is 4.74 Å². The molecule has 0 fully saturated rings. The Morgan fingerprint density at radius 3 is 2.46 bits per heavy atom. The van der Waals surface area contributed by atoms with Crippen molar-refractivity contribution in [2.75, 3.05) is 12.9 Å². The summed E-state index contributed by atoms with van der Waals surface area (Å²) < 4.78 is 31.4. The van der Waals surface area contributed by atoms with Crippen LogP contribution in [0.2, 0.25) is 0 Å². The summed E-state index contributed by atoms with van der Waals surface area (Å²) in [5.41, 5.74) is 3.24. The zero-order valence-corrected chi connectivity index (χ0v) is 14.5. The molecule has 24 heavy (non-hydrogen) atoms. The van der Waals surface area contributed by atoms with Gasteiger partial charge in [-0.2, -0.15) is 5.26 Å². The summed E-state index contributed by atoms with van der Waals surface area (Å²) in [5, 5.41) is 9.16. The molecule has 0 heterocycles. The van der Waals surface area contributed by atoms with Crippen molar-refractivity contribution in [2.45, 2.75) is 19.6 Å². The van der Waals surface area contributed by atoms with Gasteiger partial charge in [-0.25, -0.2) is 13.1 Å². The van der Waals surface area contributed by atoms with E-state index in [0.717, 1.165) is 16.7 Å². The van der Waals surface area contributed by atoms with Crippen molar-refractivity contribution in [1.82, 2.24) is 4.72 Å². The molecule has 0 bridgehead atoms. The van der Waals surface area contributed by atoms with Crippen molar-refractivity contribution in [1.29, 1.82) is 5.26 Å². The molecule has 5 nitrogen and oxygen atoms in total. The molecule has 6 heteroatoms. The first-order valence-electron chi connectivity index (χ1n) is 7.54. The first-order valence-corrected chi connectivity index (χ1v) is 9.19. The zero-order chi connectivity index (χ0) is 17.6. The van der Waals surface area contributed by atoms with Crippen LogP contribution >= 0.6 is 0 Å². The van der Waals surface area contributed by atoms with Gasteiger partial charge in [0.25, 0.3) is 0 Å². The topological polar surface area (TPSA) is 79.2 Å². The monoisotopic (exact) mass is 344 g/mol. The van der Waals surface area contributed by atoms with Crippen LogP contribution in [0.15, 0.2) is 48.5 Å². The smallest absolute Gasteiger partial charge is 0.214 e. The van der Waals surface area contributed by atoms with E-state index >= 15 is 0 Å². The lowest BCUT2D eigenvalue weighted by Gasteiger charge is -2.11. The summed E-state index contributed by atoms with van der Waals surface area (Å²) in [5.74, 6) is -0.0723. The summed E-state index contributed by atoms with van der Waals surface area (Å²) in [4.78, 5) is 0. The lowest BCUT2D eigenvalue weighted by molar-refractivity contribution is 0.136. The molecule has 126 valence electrons. The molecule has 1 unspecified atom stereocenters. The normalized spacial score (nSPS) is 12.5. The van der Waals surface area contributed by atoms with Crippen LogP contribution in [0.1, 0.15) is 18.1 Å².